The molecule has 1 aliphatic heterocycles. The lowest BCUT2D eigenvalue weighted by molar-refractivity contribution is 0.0588. The summed E-state index contributed by atoms with van der Waals surface area (Å²) in [5.41, 5.74) is 7.17. The maximum Gasteiger partial charge on any atom is 0.261 e. The number of carbonyl (C=O) groups is 2. The van der Waals surface area contributed by atoms with Gasteiger partial charge in [0, 0.05) is 17.0 Å². The molecule has 5 heteroatoms. The molecule has 1 saturated carbocycles. The van der Waals surface area contributed by atoms with Crippen LogP contribution in [-0.2, 0) is 0 Å². The summed E-state index contributed by atoms with van der Waals surface area (Å²) in [5, 5.41) is 0.555. The Morgan fingerprint density at radius 2 is 1.95 bits per heavy atom. The van der Waals surface area contributed by atoms with Crippen molar-refractivity contribution in [3.63, 3.8) is 0 Å². The third-order valence-electron chi connectivity index (χ3n) is 4.00. The summed E-state index contributed by atoms with van der Waals surface area (Å²) in [7, 11) is 0. The third kappa shape index (κ3) is 1.92. The largest absolute Gasteiger partial charge is 0.399 e. The standard InChI is InChI=1S/C14H16N2O2S/c1-19-10-4-3-9(7-10)16-13(17)11-5-2-8(15)6-12(11)14(16)18/h2,5-6,9-10H,3-4,7,15H2,1H3. The maximum absolute atomic E-state index is 12.4. The molecule has 4 nitrogen and oxygen atoms in total. The third-order valence-corrected chi connectivity index (χ3v) is 5.09. The summed E-state index contributed by atoms with van der Waals surface area (Å²) in [6.07, 6.45) is 4.96. The van der Waals surface area contributed by atoms with Gasteiger partial charge in [-0.25, -0.2) is 0 Å². The molecule has 1 aromatic rings. The Labute approximate surface area is 116 Å². The van der Waals surface area contributed by atoms with Crippen molar-refractivity contribution in [3.05, 3.63) is 29.3 Å². The van der Waals surface area contributed by atoms with Crippen molar-refractivity contribution in [2.75, 3.05) is 12.0 Å². The number of nitrogen functional groups attached to an aromatic ring is 1. The number of nitrogens with zero attached hydrogens (tertiary/aromatic N) is 1. The van der Waals surface area contributed by atoms with Gasteiger partial charge in [0.15, 0.2) is 0 Å². The van der Waals surface area contributed by atoms with E-state index in [4.69, 9.17) is 5.73 Å². The molecular formula is C14H16N2O2S. The summed E-state index contributed by atoms with van der Waals surface area (Å²) in [6, 6.07) is 4.99. The fraction of sp³-hybridized carbons (Fsp3) is 0.429. The topological polar surface area (TPSA) is 63.4 Å². The number of thioether (sulfide) groups is 1. The molecule has 0 spiro atoms. The summed E-state index contributed by atoms with van der Waals surface area (Å²) in [6.45, 7) is 0. The van der Waals surface area contributed by atoms with Crippen LogP contribution in [0.5, 0.6) is 0 Å². The first-order chi connectivity index (χ1) is 9.11. The van der Waals surface area contributed by atoms with E-state index in [9.17, 15) is 9.59 Å². The number of amides is 2. The zero-order chi connectivity index (χ0) is 13.6. The second kappa shape index (κ2) is 4.56. The van der Waals surface area contributed by atoms with Crippen LogP contribution in [-0.4, -0.2) is 34.3 Å². The number of carbonyl (C=O) groups excluding carboxylic acids is 2. The fourth-order valence-corrected chi connectivity index (χ4v) is 3.76. The van der Waals surface area contributed by atoms with E-state index in [0.717, 1.165) is 19.3 Å². The van der Waals surface area contributed by atoms with Crippen molar-refractivity contribution in [2.24, 2.45) is 0 Å². The summed E-state index contributed by atoms with van der Waals surface area (Å²) >= 11 is 1.81. The molecule has 2 unspecified atom stereocenters. The second-order valence-corrected chi connectivity index (χ2v) is 6.25. The average molecular weight is 276 g/mol. The first-order valence-corrected chi connectivity index (χ1v) is 7.71. The van der Waals surface area contributed by atoms with Crippen LogP contribution in [0.4, 0.5) is 5.69 Å². The molecule has 1 fully saturated rings. The van der Waals surface area contributed by atoms with Gasteiger partial charge < -0.3 is 5.73 Å². The number of benzene rings is 1. The molecule has 1 heterocycles. The van der Waals surface area contributed by atoms with Gasteiger partial charge in [0.2, 0.25) is 0 Å². The number of hydrogen-bond donors (Lipinski definition) is 1. The van der Waals surface area contributed by atoms with Crippen LogP contribution in [0.2, 0.25) is 0 Å². The van der Waals surface area contributed by atoms with Gasteiger partial charge >= 0.3 is 0 Å². The molecule has 0 aromatic heterocycles. The van der Waals surface area contributed by atoms with Crippen LogP contribution < -0.4 is 5.73 Å². The minimum absolute atomic E-state index is 0.0473. The van der Waals surface area contributed by atoms with Crippen LogP contribution in [0.3, 0.4) is 0 Å². The van der Waals surface area contributed by atoms with Gasteiger partial charge in [-0.1, -0.05) is 0 Å². The van der Waals surface area contributed by atoms with Crippen molar-refractivity contribution in [1.29, 1.82) is 0 Å². The highest BCUT2D eigenvalue weighted by Crippen LogP contribution is 2.36. The van der Waals surface area contributed by atoms with Crippen LogP contribution in [0, 0.1) is 0 Å². The number of anilines is 1. The van der Waals surface area contributed by atoms with Crippen LogP contribution in [0.15, 0.2) is 18.2 Å². The van der Waals surface area contributed by atoms with Crippen molar-refractivity contribution in [1.82, 2.24) is 4.90 Å². The van der Waals surface area contributed by atoms with Crippen LogP contribution in [0.1, 0.15) is 40.0 Å². The Morgan fingerprint density at radius 3 is 2.63 bits per heavy atom. The molecule has 1 aromatic carbocycles. The summed E-state index contributed by atoms with van der Waals surface area (Å²) < 4.78 is 0. The Kier molecular flexibility index (Phi) is 3.01. The fourth-order valence-electron chi connectivity index (χ4n) is 2.97. The predicted molar refractivity (Wildman–Crippen MR) is 76.3 cm³/mol. The van der Waals surface area contributed by atoms with E-state index in [1.165, 1.54) is 4.90 Å². The van der Waals surface area contributed by atoms with E-state index in [0.29, 0.717) is 22.1 Å². The van der Waals surface area contributed by atoms with Gasteiger partial charge in [-0.05, 0) is 43.7 Å². The van der Waals surface area contributed by atoms with Crippen molar-refractivity contribution < 1.29 is 9.59 Å². The van der Waals surface area contributed by atoms with Gasteiger partial charge in [-0.2, -0.15) is 11.8 Å². The van der Waals surface area contributed by atoms with Crippen molar-refractivity contribution in [3.8, 4) is 0 Å². The maximum atomic E-state index is 12.4. The Morgan fingerprint density at radius 1 is 1.21 bits per heavy atom. The molecule has 2 aliphatic rings. The molecule has 19 heavy (non-hydrogen) atoms. The normalized spacial score (nSPS) is 26.1. The number of rotatable bonds is 2. The zero-order valence-corrected chi connectivity index (χ0v) is 11.6. The van der Waals surface area contributed by atoms with Crippen molar-refractivity contribution >= 4 is 29.3 Å². The number of imide groups is 1. The lowest BCUT2D eigenvalue weighted by Gasteiger charge is -2.21. The Balaban J connectivity index is 1.91. The van der Waals surface area contributed by atoms with E-state index in [2.05, 4.69) is 6.26 Å². The monoisotopic (exact) mass is 276 g/mol. The van der Waals surface area contributed by atoms with E-state index in [1.807, 2.05) is 11.8 Å². The minimum atomic E-state index is -0.181. The first kappa shape index (κ1) is 12.5. The van der Waals surface area contributed by atoms with Gasteiger partial charge in [-0.3, -0.25) is 14.5 Å². The Bertz CT molecular complexity index is 558. The number of fused-ring (bicyclic) bond motifs is 1. The van der Waals surface area contributed by atoms with Gasteiger partial charge in [0.05, 0.1) is 11.1 Å². The first-order valence-electron chi connectivity index (χ1n) is 6.42. The molecule has 100 valence electrons. The molecule has 0 saturated heterocycles. The SMILES string of the molecule is CSC1CCC(N2C(=O)c3ccc(N)cc3C2=O)C1. The quantitative estimate of drug-likeness (QED) is 0.664. The highest BCUT2D eigenvalue weighted by atomic mass is 32.2. The predicted octanol–water partition coefficient (Wildman–Crippen LogP) is 2.15. The lowest BCUT2D eigenvalue weighted by atomic mass is 10.1. The smallest absolute Gasteiger partial charge is 0.261 e. The highest BCUT2D eigenvalue weighted by molar-refractivity contribution is 7.99. The second-order valence-electron chi connectivity index (χ2n) is 5.11. The van der Waals surface area contributed by atoms with Crippen LogP contribution in [0.25, 0.3) is 0 Å². The molecule has 2 amide bonds. The summed E-state index contributed by atoms with van der Waals surface area (Å²) in [5.74, 6) is -0.342. The van der Waals surface area contributed by atoms with E-state index in [-0.39, 0.29) is 17.9 Å². The van der Waals surface area contributed by atoms with E-state index >= 15 is 0 Å². The Hall–Kier alpha value is -1.49. The highest BCUT2D eigenvalue weighted by Gasteiger charge is 2.42. The molecule has 2 atom stereocenters. The van der Waals surface area contributed by atoms with E-state index < -0.39 is 0 Å². The molecule has 3 rings (SSSR count). The van der Waals surface area contributed by atoms with Crippen LogP contribution >= 0.6 is 11.8 Å². The molecular weight excluding hydrogens is 260 g/mol. The zero-order valence-electron chi connectivity index (χ0n) is 10.8. The van der Waals surface area contributed by atoms with Gasteiger partial charge in [0.1, 0.15) is 0 Å². The van der Waals surface area contributed by atoms with Gasteiger partial charge in [0.25, 0.3) is 11.8 Å². The number of hydrogen-bond acceptors (Lipinski definition) is 4. The number of nitrogens with two attached hydrogens (primary N) is 1. The minimum Gasteiger partial charge on any atom is -0.399 e. The van der Waals surface area contributed by atoms with Gasteiger partial charge in [-0.15, -0.1) is 0 Å². The molecule has 2 N–H and O–H groups in total. The lowest BCUT2D eigenvalue weighted by Crippen LogP contribution is -2.38. The molecule has 0 bridgehead atoms. The average Bonchev–Trinajstić information content (AvgIpc) is 2.94. The van der Waals surface area contributed by atoms with Crippen molar-refractivity contribution in [2.45, 2.75) is 30.6 Å². The molecule has 1 aliphatic carbocycles. The molecule has 0 radical (unpaired) electrons. The summed E-state index contributed by atoms with van der Waals surface area (Å²) in [4.78, 5) is 26.2. The van der Waals surface area contributed by atoms with E-state index in [1.54, 1.807) is 18.2 Å².